The van der Waals surface area contributed by atoms with Gasteiger partial charge in [-0.3, -0.25) is 14.5 Å². The second kappa shape index (κ2) is 10.3. The Bertz CT molecular complexity index is 677. The Morgan fingerprint density at radius 3 is 2.64 bits per heavy atom. The first-order chi connectivity index (χ1) is 13.6. The number of fused-ring (bicyclic) bond motifs is 1. The molecule has 6 nitrogen and oxygen atoms in total. The highest BCUT2D eigenvalue weighted by Gasteiger charge is 2.25. The Labute approximate surface area is 172 Å². The average molecular weight is 406 g/mol. The molecule has 2 aliphatic rings. The van der Waals surface area contributed by atoms with E-state index in [0.29, 0.717) is 25.0 Å². The number of hydrogen-bond donors (Lipinski definition) is 1. The van der Waals surface area contributed by atoms with Crippen molar-refractivity contribution in [2.24, 2.45) is 5.92 Å². The molecule has 0 saturated carbocycles. The molecule has 1 atom stereocenters. The third-order valence-corrected chi connectivity index (χ3v) is 6.43. The number of anilines is 1. The van der Waals surface area contributed by atoms with E-state index in [1.165, 1.54) is 0 Å². The Balaban J connectivity index is 1.47. The predicted octanol–water partition coefficient (Wildman–Crippen LogP) is 2.38. The van der Waals surface area contributed by atoms with Gasteiger partial charge in [0.1, 0.15) is 0 Å². The van der Waals surface area contributed by atoms with Gasteiger partial charge in [0.05, 0.1) is 18.9 Å². The van der Waals surface area contributed by atoms with Gasteiger partial charge in [-0.05, 0) is 18.1 Å². The molecule has 0 aromatic heterocycles. The van der Waals surface area contributed by atoms with E-state index in [1.54, 1.807) is 11.8 Å². The van der Waals surface area contributed by atoms with Crippen molar-refractivity contribution in [1.82, 2.24) is 10.2 Å². The van der Waals surface area contributed by atoms with Gasteiger partial charge < -0.3 is 15.0 Å². The summed E-state index contributed by atoms with van der Waals surface area (Å²) in [4.78, 5) is 30.4. The summed E-state index contributed by atoms with van der Waals surface area (Å²) in [5.74, 6) is 1.32. The van der Waals surface area contributed by atoms with Crippen LogP contribution in [0.2, 0.25) is 0 Å². The van der Waals surface area contributed by atoms with Crippen LogP contribution in [0.5, 0.6) is 0 Å². The average Bonchev–Trinajstić information content (AvgIpc) is 2.72. The predicted molar refractivity (Wildman–Crippen MR) is 113 cm³/mol. The summed E-state index contributed by atoms with van der Waals surface area (Å²) in [5, 5.41) is 3.04. The zero-order valence-electron chi connectivity index (χ0n) is 16.9. The van der Waals surface area contributed by atoms with Crippen molar-refractivity contribution < 1.29 is 14.3 Å². The van der Waals surface area contributed by atoms with Crippen molar-refractivity contribution in [2.45, 2.75) is 37.6 Å². The molecule has 154 valence electrons. The number of carbonyl (C=O) groups is 2. The van der Waals surface area contributed by atoms with Crippen molar-refractivity contribution in [1.29, 1.82) is 0 Å². The molecule has 28 heavy (non-hydrogen) atoms. The van der Waals surface area contributed by atoms with Gasteiger partial charge in [-0.1, -0.05) is 26.0 Å². The van der Waals surface area contributed by atoms with Crippen LogP contribution in [0.25, 0.3) is 0 Å². The van der Waals surface area contributed by atoms with Crippen molar-refractivity contribution in [3.63, 3.8) is 0 Å². The SMILES string of the molecule is CC(C)C(CNC(=O)CCC(=O)N1CCSc2ccccc21)N1CCOCC1. The van der Waals surface area contributed by atoms with Crippen LogP contribution in [0.4, 0.5) is 5.69 Å². The third kappa shape index (κ3) is 5.49. The Morgan fingerprint density at radius 2 is 1.89 bits per heavy atom. The zero-order valence-corrected chi connectivity index (χ0v) is 17.7. The molecule has 1 saturated heterocycles. The number of rotatable bonds is 7. The van der Waals surface area contributed by atoms with Crippen LogP contribution in [0.1, 0.15) is 26.7 Å². The van der Waals surface area contributed by atoms with E-state index in [4.69, 9.17) is 4.74 Å². The molecule has 1 aromatic carbocycles. The molecular formula is C21H31N3O3S. The fraction of sp³-hybridized carbons (Fsp3) is 0.619. The van der Waals surface area contributed by atoms with E-state index in [-0.39, 0.29) is 24.7 Å². The maximum absolute atomic E-state index is 12.7. The van der Waals surface area contributed by atoms with Crippen LogP contribution in [-0.2, 0) is 14.3 Å². The Hall–Kier alpha value is -1.57. The zero-order chi connectivity index (χ0) is 19.9. The van der Waals surface area contributed by atoms with Gasteiger partial charge in [-0.2, -0.15) is 0 Å². The summed E-state index contributed by atoms with van der Waals surface area (Å²) in [6, 6.07) is 8.27. The highest BCUT2D eigenvalue weighted by Crippen LogP contribution is 2.34. The molecule has 1 aromatic rings. The largest absolute Gasteiger partial charge is 0.379 e. The molecule has 2 heterocycles. The normalized spacial score (nSPS) is 18.6. The lowest BCUT2D eigenvalue weighted by Gasteiger charge is -2.37. The van der Waals surface area contributed by atoms with Crippen LogP contribution in [-0.4, -0.2) is 67.9 Å². The topological polar surface area (TPSA) is 61.9 Å². The number of amides is 2. The molecule has 0 aliphatic carbocycles. The minimum Gasteiger partial charge on any atom is -0.379 e. The van der Waals surface area contributed by atoms with Gasteiger partial charge in [0.15, 0.2) is 0 Å². The lowest BCUT2D eigenvalue weighted by Crippen LogP contribution is -2.51. The van der Waals surface area contributed by atoms with Crippen LogP contribution in [0.3, 0.4) is 0 Å². The first kappa shape index (κ1) is 21.1. The fourth-order valence-corrected chi connectivity index (χ4v) is 4.78. The van der Waals surface area contributed by atoms with E-state index in [9.17, 15) is 9.59 Å². The molecule has 1 unspecified atom stereocenters. The van der Waals surface area contributed by atoms with Gasteiger partial charge in [0.25, 0.3) is 0 Å². The second-order valence-electron chi connectivity index (χ2n) is 7.63. The Kier molecular flexibility index (Phi) is 7.76. The van der Waals surface area contributed by atoms with E-state index in [0.717, 1.165) is 42.6 Å². The monoisotopic (exact) mass is 405 g/mol. The van der Waals surface area contributed by atoms with Crippen molar-refractivity contribution in [3.05, 3.63) is 24.3 Å². The molecule has 0 bridgehead atoms. The number of carbonyl (C=O) groups excluding carboxylic acids is 2. The van der Waals surface area contributed by atoms with E-state index in [2.05, 4.69) is 24.1 Å². The number of thioether (sulfide) groups is 1. The van der Waals surface area contributed by atoms with Crippen molar-refractivity contribution >= 4 is 29.3 Å². The number of hydrogen-bond acceptors (Lipinski definition) is 5. The molecular weight excluding hydrogens is 374 g/mol. The van der Waals surface area contributed by atoms with E-state index >= 15 is 0 Å². The standard InChI is InChI=1S/C21H31N3O3S/c1-16(2)18(23-9-12-27-13-10-23)15-22-20(25)7-8-21(26)24-11-14-28-19-6-4-3-5-17(19)24/h3-6,16,18H,7-15H2,1-2H3,(H,22,25). The van der Waals surface area contributed by atoms with Gasteiger partial charge in [0, 0.05) is 55.7 Å². The highest BCUT2D eigenvalue weighted by molar-refractivity contribution is 7.99. The van der Waals surface area contributed by atoms with Gasteiger partial charge in [-0.25, -0.2) is 0 Å². The summed E-state index contributed by atoms with van der Waals surface area (Å²) in [6.07, 6.45) is 0.479. The van der Waals surface area contributed by atoms with Crippen LogP contribution < -0.4 is 10.2 Å². The molecule has 2 amide bonds. The quantitative estimate of drug-likeness (QED) is 0.755. The summed E-state index contributed by atoms with van der Waals surface area (Å²) < 4.78 is 5.43. The Morgan fingerprint density at radius 1 is 1.14 bits per heavy atom. The lowest BCUT2D eigenvalue weighted by molar-refractivity contribution is -0.125. The minimum atomic E-state index is -0.0491. The maximum Gasteiger partial charge on any atom is 0.227 e. The number of ether oxygens (including phenoxy) is 1. The van der Waals surface area contributed by atoms with Gasteiger partial charge >= 0.3 is 0 Å². The number of nitrogens with one attached hydrogen (secondary N) is 1. The van der Waals surface area contributed by atoms with Gasteiger partial charge in [-0.15, -0.1) is 11.8 Å². The summed E-state index contributed by atoms with van der Waals surface area (Å²) >= 11 is 1.77. The van der Waals surface area contributed by atoms with E-state index < -0.39 is 0 Å². The molecule has 0 radical (unpaired) electrons. The molecule has 7 heteroatoms. The molecule has 2 aliphatic heterocycles. The minimum absolute atomic E-state index is 0.0245. The van der Waals surface area contributed by atoms with Crippen molar-refractivity contribution in [2.75, 3.05) is 50.0 Å². The maximum atomic E-state index is 12.7. The summed E-state index contributed by atoms with van der Waals surface area (Å²) in [6.45, 7) is 9.00. The smallest absolute Gasteiger partial charge is 0.227 e. The number of benzene rings is 1. The highest BCUT2D eigenvalue weighted by atomic mass is 32.2. The number of morpholine rings is 1. The molecule has 0 spiro atoms. The molecule has 1 N–H and O–H groups in total. The third-order valence-electron chi connectivity index (χ3n) is 5.39. The second-order valence-corrected chi connectivity index (χ2v) is 8.76. The van der Waals surface area contributed by atoms with Crippen LogP contribution in [0, 0.1) is 5.92 Å². The molecule has 3 rings (SSSR count). The summed E-state index contributed by atoms with van der Waals surface area (Å²) in [5.41, 5.74) is 0.969. The summed E-state index contributed by atoms with van der Waals surface area (Å²) in [7, 11) is 0. The van der Waals surface area contributed by atoms with Crippen molar-refractivity contribution in [3.8, 4) is 0 Å². The van der Waals surface area contributed by atoms with Crippen LogP contribution in [0.15, 0.2) is 29.2 Å². The van der Waals surface area contributed by atoms with E-state index in [1.807, 2.05) is 29.2 Å². The van der Waals surface area contributed by atoms with Gasteiger partial charge in [0.2, 0.25) is 11.8 Å². The lowest BCUT2D eigenvalue weighted by atomic mass is 10.0. The fourth-order valence-electron chi connectivity index (χ4n) is 3.79. The number of nitrogens with zero attached hydrogens (tertiary/aromatic N) is 2. The number of para-hydroxylation sites is 1. The first-order valence-corrected chi connectivity index (χ1v) is 11.2. The first-order valence-electron chi connectivity index (χ1n) is 10.2. The molecule has 1 fully saturated rings. The van der Waals surface area contributed by atoms with Crippen LogP contribution >= 0.6 is 11.8 Å².